The van der Waals surface area contributed by atoms with E-state index in [1.165, 1.54) is 98.9 Å². The maximum Gasteiger partial charge on any atom is 0.000174 e. The van der Waals surface area contributed by atoms with Crippen molar-refractivity contribution in [2.45, 2.75) is 78.6 Å². The van der Waals surface area contributed by atoms with Crippen molar-refractivity contribution in [1.82, 2.24) is 0 Å². The molecule has 1 unspecified atom stereocenters. The van der Waals surface area contributed by atoms with Crippen molar-refractivity contribution in [3.8, 4) is 11.1 Å². The predicted octanol–water partition coefficient (Wildman–Crippen LogP) is 10.3. The number of fused-ring (bicyclic) bond motifs is 2. The van der Waals surface area contributed by atoms with Crippen LogP contribution in [-0.4, -0.2) is 0 Å². The fourth-order valence-electron chi connectivity index (χ4n) is 7.08. The lowest BCUT2D eigenvalue weighted by molar-refractivity contribution is 0.429. The Kier molecular flexibility index (Phi) is 6.31. The van der Waals surface area contributed by atoms with E-state index in [-0.39, 0.29) is 0 Å². The van der Waals surface area contributed by atoms with Crippen LogP contribution < -0.4 is 0 Å². The molecule has 37 heavy (non-hydrogen) atoms. The van der Waals surface area contributed by atoms with Crippen molar-refractivity contribution in [1.29, 1.82) is 0 Å². The predicted molar refractivity (Wildman–Crippen MR) is 161 cm³/mol. The van der Waals surface area contributed by atoms with Crippen LogP contribution in [0.25, 0.3) is 28.3 Å². The third-order valence-corrected chi connectivity index (χ3v) is 9.02. The summed E-state index contributed by atoms with van der Waals surface area (Å²) in [6.07, 6.45) is 13.9. The average Bonchev–Trinajstić information content (AvgIpc) is 3.46. The Morgan fingerprint density at radius 2 is 1.65 bits per heavy atom. The zero-order chi connectivity index (χ0) is 25.7. The summed E-state index contributed by atoms with van der Waals surface area (Å²) in [6.45, 7) is 13.2. The van der Waals surface area contributed by atoms with Crippen molar-refractivity contribution in [2.75, 3.05) is 0 Å². The molecule has 0 radical (unpaired) electrons. The van der Waals surface area contributed by atoms with Gasteiger partial charge in [-0.2, -0.15) is 0 Å². The van der Waals surface area contributed by atoms with Crippen LogP contribution in [0.4, 0.5) is 0 Å². The molecule has 0 bridgehead atoms. The van der Waals surface area contributed by atoms with Crippen LogP contribution in [0.1, 0.15) is 96.4 Å². The highest BCUT2D eigenvalue weighted by molar-refractivity contribution is 5.94. The van der Waals surface area contributed by atoms with Gasteiger partial charge in [0.1, 0.15) is 0 Å². The normalized spacial score (nSPS) is 18.9. The smallest absolute Gasteiger partial charge is 0.000174 e. The second kappa shape index (κ2) is 9.64. The van der Waals surface area contributed by atoms with Crippen molar-refractivity contribution >= 4 is 17.2 Å². The summed E-state index contributed by atoms with van der Waals surface area (Å²) in [6, 6.07) is 18.9. The quantitative estimate of drug-likeness (QED) is 0.316. The Morgan fingerprint density at radius 1 is 0.919 bits per heavy atom. The lowest BCUT2D eigenvalue weighted by Gasteiger charge is -2.24. The fraction of sp³-hybridized carbons (Fsp3) is 0.351. The monoisotopic (exact) mass is 484 g/mol. The third-order valence-electron chi connectivity index (χ3n) is 9.02. The molecule has 188 valence electrons. The summed E-state index contributed by atoms with van der Waals surface area (Å²) < 4.78 is 0. The number of aryl methyl sites for hydroxylation is 2. The zero-order valence-electron chi connectivity index (χ0n) is 23.1. The van der Waals surface area contributed by atoms with Gasteiger partial charge in [-0.3, -0.25) is 0 Å². The van der Waals surface area contributed by atoms with E-state index in [0.29, 0.717) is 5.92 Å². The van der Waals surface area contributed by atoms with Gasteiger partial charge in [0.25, 0.3) is 0 Å². The summed E-state index contributed by atoms with van der Waals surface area (Å²) in [5.74, 6) is 1.29. The minimum Gasteiger partial charge on any atom is -0.0998 e. The molecule has 3 aliphatic carbocycles. The van der Waals surface area contributed by atoms with E-state index in [1.807, 2.05) is 0 Å². The fourth-order valence-corrected chi connectivity index (χ4v) is 7.08. The molecule has 0 aliphatic heterocycles. The van der Waals surface area contributed by atoms with Crippen LogP contribution in [0, 0.1) is 19.8 Å². The van der Waals surface area contributed by atoms with Crippen LogP contribution in [0.15, 0.2) is 66.8 Å². The van der Waals surface area contributed by atoms with Crippen molar-refractivity contribution in [3.63, 3.8) is 0 Å². The summed E-state index contributed by atoms with van der Waals surface area (Å²) in [7, 11) is 0. The molecule has 0 N–H and O–H groups in total. The first-order valence-corrected chi connectivity index (χ1v) is 14.3. The van der Waals surface area contributed by atoms with Gasteiger partial charge in [0.05, 0.1) is 0 Å². The topological polar surface area (TPSA) is 0 Å². The van der Waals surface area contributed by atoms with E-state index in [0.717, 1.165) is 18.8 Å². The first-order valence-electron chi connectivity index (χ1n) is 14.3. The summed E-state index contributed by atoms with van der Waals surface area (Å²) >= 11 is 0. The molecule has 0 aromatic heterocycles. The van der Waals surface area contributed by atoms with Crippen molar-refractivity contribution < 1.29 is 0 Å². The van der Waals surface area contributed by atoms with Crippen LogP contribution in [0.2, 0.25) is 0 Å². The van der Waals surface area contributed by atoms with Crippen LogP contribution in [0.3, 0.4) is 0 Å². The molecule has 6 rings (SSSR count). The molecule has 3 aromatic rings. The Labute approximate surface area is 223 Å². The van der Waals surface area contributed by atoms with Gasteiger partial charge in [-0.25, -0.2) is 0 Å². The molecule has 1 fully saturated rings. The number of allylic oxidation sites excluding steroid dienone is 4. The van der Waals surface area contributed by atoms with Crippen LogP contribution in [-0.2, 0) is 12.8 Å². The van der Waals surface area contributed by atoms with E-state index in [4.69, 9.17) is 0 Å². The van der Waals surface area contributed by atoms with Gasteiger partial charge >= 0.3 is 0 Å². The summed E-state index contributed by atoms with van der Waals surface area (Å²) in [4.78, 5) is 0. The molecular weight excluding hydrogens is 444 g/mol. The Morgan fingerprint density at radius 3 is 2.38 bits per heavy atom. The van der Waals surface area contributed by atoms with E-state index >= 15 is 0 Å². The highest BCUT2D eigenvalue weighted by Crippen LogP contribution is 2.47. The van der Waals surface area contributed by atoms with E-state index in [9.17, 15) is 0 Å². The second-order valence-electron chi connectivity index (χ2n) is 12.0. The van der Waals surface area contributed by atoms with Crippen molar-refractivity contribution in [2.24, 2.45) is 5.92 Å². The van der Waals surface area contributed by atoms with Gasteiger partial charge in [-0.15, -0.1) is 0 Å². The lowest BCUT2D eigenvalue weighted by atomic mass is 9.81. The first kappa shape index (κ1) is 24.2. The maximum atomic E-state index is 4.26. The molecule has 0 nitrogen and oxygen atoms in total. The number of hydrogen-bond acceptors (Lipinski definition) is 0. The Balaban J connectivity index is 1.40. The molecule has 0 amide bonds. The average molecular weight is 485 g/mol. The van der Waals surface area contributed by atoms with E-state index in [1.54, 1.807) is 5.57 Å². The minimum absolute atomic E-state index is 0.538. The van der Waals surface area contributed by atoms with Gasteiger partial charge < -0.3 is 0 Å². The highest BCUT2D eigenvalue weighted by Gasteiger charge is 2.29. The number of hydrogen-bond donors (Lipinski definition) is 0. The van der Waals surface area contributed by atoms with Crippen LogP contribution in [0.5, 0.6) is 0 Å². The molecule has 3 aliphatic rings. The van der Waals surface area contributed by atoms with Gasteiger partial charge in [-0.1, -0.05) is 98.5 Å². The highest BCUT2D eigenvalue weighted by atomic mass is 14.3. The first-order chi connectivity index (χ1) is 17.9. The van der Waals surface area contributed by atoms with Gasteiger partial charge in [0.15, 0.2) is 0 Å². The summed E-state index contributed by atoms with van der Waals surface area (Å²) in [5.41, 5.74) is 18.6. The van der Waals surface area contributed by atoms with Gasteiger partial charge in [0, 0.05) is 5.92 Å². The van der Waals surface area contributed by atoms with Gasteiger partial charge in [-0.05, 0) is 120 Å². The SMILES string of the molecule is C=C(C)Cc1c(C)cc2c(c1-c1ccc(C)cc1)CC(c1ccc3c(c1)C(C1CCCCC1)=CC3C)=C2. The Hall–Kier alpha value is -3.12. The third kappa shape index (κ3) is 4.46. The van der Waals surface area contributed by atoms with Gasteiger partial charge in [0.2, 0.25) is 0 Å². The zero-order valence-corrected chi connectivity index (χ0v) is 23.1. The molecular formula is C37H40. The minimum atomic E-state index is 0.538. The molecule has 3 aromatic carbocycles. The molecule has 0 heterocycles. The molecule has 0 saturated heterocycles. The van der Waals surface area contributed by atoms with Crippen molar-refractivity contribution in [3.05, 3.63) is 111 Å². The van der Waals surface area contributed by atoms with E-state index in [2.05, 4.69) is 95.0 Å². The summed E-state index contributed by atoms with van der Waals surface area (Å²) in [5, 5.41) is 0. The molecule has 1 saturated carbocycles. The molecule has 1 atom stereocenters. The Bertz CT molecular complexity index is 1430. The van der Waals surface area contributed by atoms with Crippen LogP contribution >= 0.6 is 0 Å². The maximum absolute atomic E-state index is 4.26. The number of benzene rings is 3. The standard InChI is InChI=1S/C37H40/c1-23(2)17-33-25(4)18-31-20-30(22-35(31)37(33)28-13-11-24(3)12-14-28)29-15-16-32-26(5)19-34(36(32)21-29)27-9-7-6-8-10-27/h11-16,18-21,26-27H,1,6-10,17,22H2,2-5H3. The molecule has 0 heteroatoms. The molecule has 0 spiro atoms. The lowest BCUT2D eigenvalue weighted by Crippen LogP contribution is -2.08. The number of rotatable bonds is 5. The largest absolute Gasteiger partial charge is 0.0998 e. The van der Waals surface area contributed by atoms with E-state index < -0.39 is 0 Å². The second-order valence-corrected chi connectivity index (χ2v) is 12.0.